The van der Waals surface area contributed by atoms with Crippen LogP contribution in [-0.2, 0) is 6.42 Å². The van der Waals surface area contributed by atoms with E-state index < -0.39 is 0 Å². The Morgan fingerprint density at radius 3 is 2.57 bits per heavy atom. The largest absolute Gasteiger partial charge is 0.373 e. The topological polar surface area (TPSA) is 44.3 Å². The Bertz CT molecular complexity index is 438. The molecule has 0 unspecified atom stereocenters. The minimum Gasteiger partial charge on any atom is -0.373 e. The van der Waals surface area contributed by atoms with E-state index in [2.05, 4.69) is 46.1 Å². The molecule has 0 amide bonds. The molecule has 1 aromatic heterocycles. The number of piperidine rings is 1. The first-order valence-electron chi connectivity index (χ1n) is 8.07. The monoisotopic (exact) mass is 291 g/mol. The van der Waals surface area contributed by atoms with Crippen LogP contribution < -0.4 is 10.2 Å². The Morgan fingerprint density at radius 1 is 1.29 bits per heavy atom. The van der Waals surface area contributed by atoms with Crippen LogP contribution in [0, 0.1) is 5.92 Å². The number of hydrogen-bond acceptors (Lipinski definition) is 5. The Kier molecular flexibility index (Phi) is 5.79. The molecule has 1 N–H and O–H groups in total. The second-order valence-corrected chi connectivity index (χ2v) is 6.22. The van der Waals surface area contributed by atoms with Gasteiger partial charge >= 0.3 is 0 Å². The van der Waals surface area contributed by atoms with Gasteiger partial charge in [0.05, 0.1) is 0 Å². The predicted molar refractivity (Wildman–Crippen MR) is 89.1 cm³/mol. The van der Waals surface area contributed by atoms with Gasteiger partial charge in [0.15, 0.2) is 0 Å². The van der Waals surface area contributed by atoms with Gasteiger partial charge in [0.2, 0.25) is 0 Å². The van der Waals surface area contributed by atoms with Gasteiger partial charge in [0.1, 0.15) is 18.0 Å². The van der Waals surface area contributed by atoms with Crippen molar-refractivity contribution < 1.29 is 0 Å². The molecule has 2 rings (SSSR count). The number of rotatable bonds is 6. The smallest absolute Gasteiger partial charge is 0.137 e. The van der Waals surface area contributed by atoms with E-state index in [1.54, 1.807) is 6.33 Å². The van der Waals surface area contributed by atoms with Gasteiger partial charge in [-0.15, -0.1) is 0 Å². The van der Waals surface area contributed by atoms with E-state index in [0.717, 1.165) is 43.5 Å². The van der Waals surface area contributed by atoms with Gasteiger partial charge in [-0.3, -0.25) is 0 Å². The van der Waals surface area contributed by atoms with Gasteiger partial charge in [-0.05, 0) is 39.3 Å². The lowest BCUT2D eigenvalue weighted by Crippen LogP contribution is -2.38. The summed E-state index contributed by atoms with van der Waals surface area (Å²) >= 11 is 0. The number of anilines is 2. The first kappa shape index (κ1) is 16.0. The van der Waals surface area contributed by atoms with Crippen LogP contribution in [0.2, 0.25) is 0 Å². The van der Waals surface area contributed by atoms with Crippen LogP contribution in [0.5, 0.6) is 0 Å². The summed E-state index contributed by atoms with van der Waals surface area (Å²) in [6.07, 6.45) is 6.34. The average Bonchev–Trinajstić information content (AvgIpc) is 2.48. The van der Waals surface area contributed by atoms with E-state index in [9.17, 15) is 0 Å². The molecular formula is C16H29N5. The average molecular weight is 291 g/mol. The molecule has 2 heterocycles. The molecule has 0 spiro atoms. The Balaban J connectivity index is 2.09. The zero-order chi connectivity index (χ0) is 15.2. The fraction of sp³-hybridized carbons (Fsp3) is 0.750. The third-order valence-electron chi connectivity index (χ3n) is 4.20. The molecule has 5 heteroatoms. The van der Waals surface area contributed by atoms with Gasteiger partial charge in [-0.2, -0.15) is 0 Å². The van der Waals surface area contributed by atoms with Gasteiger partial charge in [-0.25, -0.2) is 9.97 Å². The highest BCUT2D eigenvalue weighted by atomic mass is 15.2. The van der Waals surface area contributed by atoms with Crippen molar-refractivity contribution in [2.24, 2.45) is 5.92 Å². The molecule has 1 aliphatic heterocycles. The minimum absolute atomic E-state index is 0.816. The van der Waals surface area contributed by atoms with Crippen molar-refractivity contribution in [3.63, 3.8) is 0 Å². The lowest BCUT2D eigenvalue weighted by molar-refractivity contribution is 0.284. The van der Waals surface area contributed by atoms with E-state index in [1.807, 2.05) is 7.05 Å². The van der Waals surface area contributed by atoms with Crippen LogP contribution in [0.3, 0.4) is 0 Å². The number of aromatic nitrogens is 2. The molecule has 0 radical (unpaired) electrons. The summed E-state index contributed by atoms with van der Waals surface area (Å²) in [6.45, 7) is 5.62. The second-order valence-electron chi connectivity index (χ2n) is 6.22. The SMILES string of the molecule is CCCc1c(NC)ncnc1N1CCC(CN(C)C)CC1. The van der Waals surface area contributed by atoms with Crippen LogP contribution >= 0.6 is 0 Å². The lowest BCUT2D eigenvalue weighted by atomic mass is 9.96. The molecule has 5 nitrogen and oxygen atoms in total. The van der Waals surface area contributed by atoms with Crippen LogP contribution in [-0.4, -0.2) is 55.6 Å². The predicted octanol–water partition coefficient (Wildman–Crippen LogP) is 2.25. The summed E-state index contributed by atoms with van der Waals surface area (Å²) in [5.74, 6) is 2.94. The van der Waals surface area contributed by atoms with Crippen LogP contribution in [0.4, 0.5) is 11.6 Å². The molecule has 118 valence electrons. The number of nitrogens with zero attached hydrogens (tertiary/aromatic N) is 4. The molecule has 1 aliphatic rings. The van der Waals surface area contributed by atoms with Crippen molar-refractivity contribution in [3.8, 4) is 0 Å². The summed E-state index contributed by atoms with van der Waals surface area (Å²) in [6, 6.07) is 0. The Labute approximate surface area is 128 Å². The van der Waals surface area contributed by atoms with Gasteiger partial charge in [-0.1, -0.05) is 13.3 Å². The standard InChI is InChI=1S/C16H29N5/c1-5-6-14-15(17-2)18-12-19-16(14)21-9-7-13(8-10-21)11-20(3)4/h12-13H,5-11H2,1-4H3,(H,17,18,19). The summed E-state index contributed by atoms with van der Waals surface area (Å²) in [7, 11) is 6.26. The zero-order valence-corrected chi connectivity index (χ0v) is 13.9. The molecule has 21 heavy (non-hydrogen) atoms. The summed E-state index contributed by atoms with van der Waals surface area (Å²) in [5.41, 5.74) is 1.27. The number of hydrogen-bond donors (Lipinski definition) is 1. The molecular weight excluding hydrogens is 262 g/mol. The fourth-order valence-corrected chi connectivity index (χ4v) is 3.21. The molecule has 1 fully saturated rings. The fourth-order valence-electron chi connectivity index (χ4n) is 3.21. The van der Waals surface area contributed by atoms with E-state index in [0.29, 0.717) is 0 Å². The minimum atomic E-state index is 0.816. The lowest BCUT2D eigenvalue weighted by Gasteiger charge is -2.35. The quantitative estimate of drug-likeness (QED) is 0.871. The maximum absolute atomic E-state index is 4.58. The first-order valence-corrected chi connectivity index (χ1v) is 8.07. The van der Waals surface area contributed by atoms with Crippen molar-refractivity contribution in [1.82, 2.24) is 14.9 Å². The summed E-state index contributed by atoms with van der Waals surface area (Å²) in [5, 5.41) is 3.21. The molecule has 1 aromatic rings. The highest BCUT2D eigenvalue weighted by molar-refractivity contribution is 5.58. The highest BCUT2D eigenvalue weighted by Gasteiger charge is 2.23. The van der Waals surface area contributed by atoms with Crippen LogP contribution in [0.15, 0.2) is 6.33 Å². The van der Waals surface area contributed by atoms with Crippen molar-refractivity contribution in [3.05, 3.63) is 11.9 Å². The third-order valence-corrected chi connectivity index (χ3v) is 4.20. The Morgan fingerprint density at radius 2 is 2.00 bits per heavy atom. The normalized spacial score (nSPS) is 16.5. The van der Waals surface area contributed by atoms with Crippen LogP contribution in [0.25, 0.3) is 0 Å². The zero-order valence-electron chi connectivity index (χ0n) is 13.9. The van der Waals surface area contributed by atoms with E-state index in [4.69, 9.17) is 0 Å². The van der Waals surface area contributed by atoms with Crippen molar-refractivity contribution in [1.29, 1.82) is 0 Å². The molecule has 0 atom stereocenters. The van der Waals surface area contributed by atoms with Crippen molar-refractivity contribution >= 4 is 11.6 Å². The van der Waals surface area contributed by atoms with Gasteiger partial charge < -0.3 is 15.1 Å². The third kappa shape index (κ3) is 4.06. The Hall–Kier alpha value is -1.36. The van der Waals surface area contributed by atoms with Gasteiger partial charge in [0.25, 0.3) is 0 Å². The summed E-state index contributed by atoms with van der Waals surface area (Å²) < 4.78 is 0. The maximum atomic E-state index is 4.58. The maximum Gasteiger partial charge on any atom is 0.137 e. The molecule has 0 bridgehead atoms. The van der Waals surface area contributed by atoms with E-state index >= 15 is 0 Å². The first-order chi connectivity index (χ1) is 10.2. The van der Waals surface area contributed by atoms with E-state index in [-0.39, 0.29) is 0 Å². The van der Waals surface area contributed by atoms with Crippen molar-refractivity contribution in [2.75, 3.05) is 51.0 Å². The molecule has 0 saturated carbocycles. The van der Waals surface area contributed by atoms with Crippen molar-refractivity contribution in [2.45, 2.75) is 32.6 Å². The van der Waals surface area contributed by atoms with Gasteiger partial charge in [0, 0.05) is 32.2 Å². The second kappa shape index (κ2) is 7.59. The van der Waals surface area contributed by atoms with E-state index in [1.165, 1.54) is 24.9 Å². The van der Waals surface area contributed by atoms with Crippen LogP contribution in [0.1, 0.15) is 31.7 Å². The number of nitrogens with one attached hydrogen (secondary N) is 1. The molecule has 0 aliphatic carbocycles. The summed E-state index contributed by atoms with van der Waals surface area (Å²) in [4.78, 5) is 13.7. The molecule has 0 aromatic carbocycles. The molecule has 1 saturated heterocycles. The highest BCUT2D eigenvalue weighted by Crippen LogP contribution is 2.28.